The zero-order chi connectivity index (χ0) is 13.6. The molecule has 0 fully saturated rings. The molecule has 0 aromatic heterocycles. The lowest BCUT2D eigenvalue weighted by Crippen LogP contribution is -2.26. The van der Waals surface area contributed by atoms with Crippen molar-refractivity contribution in [3.8, 4) is 6.07 Å². The topological polar surface area (TPSA) is 23.8 Å². The third-order valence-corrected chi connectivity index (χ3v) is 3.92. The van der Waals surface area contributed by atoms with E-state index in [1.807, 2.05) is 12.1 Å². The summed E-state index contributed by atoms with van der Waals surface area (Å²) >= 11 is 0. The second-order valence-electron chi connectivity index (χ2n) is 4.83. The van der Waals surface area contributed by atoms with E-state index in [0.29, 0.717) is 6.42 Å². The number of nitrogens with zero attached hydrogens (tertiary/aromatic N) is 1. The monoisotopic (exact) mass is 249 g/mol. The molecule has 0 amide bonds. The molecular formula is C18H19N. The average Bonchev–Trinajstić information content (AvgIpc) is 2.51. The molecule has 2 aromatic rings. The minimum Gasteiger partial charge on any atom is -0.198 e. The first-order valence-corrected chi connectivity index (χ1v) is 6.81. The Morgan fingerprint density at radius 2 is 1.37 bits per heavy atom. The molecule has 0 atom stereocenters. The SMILES string of the molecule is CCC(CCC#N)(c1ccccc1)c1ccccc1. The smallest absolute Gasteiger partial charge is 0.0622 e. The number of rotatable bonds is 5. The van der Waals surface area contributed by atoms with Gasteiger partial charge in [0.05, 0.1) is 6.07 Å². The summed E-state index contributed by atoms with van der Waals surface area (Å²) in [6.07, 6.45) is 2.45. The Morgan fingerprint density at radius 3 is 1.74 bits per heavy atom. The standard InChI is InChI=1S/C18H19N/c1-2-18(14-9-15-19,16-10-5-3-6-11-16)17-12-7-4-8-13-17/h3-8,10-13H,2,9,14H2,1H3. The third-order valence-electron chi connectivity index (χ3n) is 3.92. The molecule has 0 bridgehead atoms. The Hall–Kier alpha value is -2.07. The van der Waals surface area contributed by atoms with Crippen molar-refractivity contribution in [2.75, 3.05) is 0 Å². The minimum absolute atomic E-state index is 0.0434. The Morgan fingerprint density at radius 1 is 0.895 bits per heavy atom. The molecule has 96 valence electrons. The van der Waals surface area contributed by atoms with Crippen molar-refractivity contribution < 1.29 is 0 Å². The van der Waals surface area contributed by atoms with Crippen LogP contribution in [0.4, 0.5) is 0 Å². The van der Waals surface area contributed by atoms with Crippen molar-refractivity contribution in [3.05, 3.63) is 71.8 Å². The van der Waals surface area contributed by atoms with Crippen LogP contribution in [0.3, 0.4) is 0 Å². The molecule has 2 aromatic carbocycles. The summed E-state index contributed by atoms with van der Waals surface area (Å²) in [5, 5.41) is 8.97. The zero-order valence-corrected chi connectivity index (χ0v) is 11.3. The van der Waals surface area contributed by atoms with Crippen LogP contribution in [0.15, 0.2) is 60.7 Å². The predicted octanol–water partition coefficient (Wildman–Crippen LogP) is 4.69. The highest BCUT2D eigenvalue weighted by molar-refractivity contribution is 5.39. The zero-order valence-electron chi connectivity index (χ0n) is 11.3. The van der Waals surface area contributed by atoms with E-state index in [-0.39, 0.29) is 5.41 Å². The minimum atomic E-state index is -0.0434. The van der Waals surface area contributed by atoms with Crippen molar-refractivity contribution >= 4 is 0 Å². The van der Waals surface area contributed by atoms with Crippen LogP contribution in [0.25, 0.3) is 0 Å². The fraction of sp³-hybridized carbons (Fsp3) is 0.278. The normalized spacial score (nSPS) is 10.9. The molecule has 0 aliphatic carbocycles. The van der Waals surface area contributed by atoms with Crippen LogP contribution in [0.5, 0.6) is 0 Å². The van der Waals surface area contributed by atoms with E-state index in [2.05, 4.69) is 61.5 Å². The van der Waals surface area contributed by atoms with Crippen LogP contribution in [0.2, 0.25) is 0 Å². The fourth-order valence-corrected chi connectivity index (χ4v) is 2.82. The Kier molecular flexibility index (Phi) is 4.36. The Bertz CT molecular complexity index is 497. The lowest BCUT2D eigenvalue weighted by molar-refractivity contribution is 0.462. The van der Waals surface area contributed by atoms with Crippen molar-refractivity contribution in [1.82, 2.24) is 0 Å². The van der Waals surface area contributed by atoms with Crippen LogP contribution in [-0.2, 0) is 5.41 Å². The van der Waals surface area contributed by atoms with Crippen LogP contribution in [-0.4, -0.2) is 0 Å². The van der Waals surface area contributed by atoms with Gasteiger partial charge in [-0.15, -0.1) is 0 Å². The van der Waals surface area contributed by atoms with Gasteiger partial charge in [-0.25, -0.2) is 0 Å². The van der Waals surface area contributed by atoms with Crippen molar-refractivity contribution in [3.63, 3.8) is 0 Å². The Labute approximate surface area is 115 Å². The molecule has 0 saturated carbocycles. The maximum atomic E-state index is 8.97. The van der Waals surface area contributed by atoms with Gasteiger partial charge >= 0.3 is 0 Å². The van der Waals surface area contributed by atoms with E-state index in [9.17, 15) is 0 Å². The van der Waals surface area contributed by atoms with Crippen LogP contribution in [0, 0.1) is 11.3 Å². The van der Waals surface area contributed by atoms with E-state index in [4.69, 9.17) is 5.26 Å². The summed E-state index contributed by atoms with van der Waals surface area (Å²) in [7, 11) is 0. The van der Waals surface area contributed by atoms with Gasteiger partial charge in [0.2, 0.25) is 0 Å². The first kappa shape index (κ1) is 13.4. The quantitative estimate of drug-likeness (QED) is 0.754. The van der Waals surface area contributed by atoms with Gasteiger partial charge in [0, 0.05) is 11.8 Å². The van der Waals surface area contributed by atoms with Crippen molar-refractivity contribution in [2.45, 2.75) is 31.6 Å². The summed E-state index contributed by atoms with van der Waals surface area (Å²) in [5.74, 6) is 0. The molecule has 0 aliphatic heterocycles. The van der Waals surface area contributed by atoms with Gasteiger partial charge in [-0.05, 0) is 24.0 Å². The Balaban J connectivity index is 2.52. The molecular weight excluding hydrogens is 230 g/mol. The van der Waals surface area contributed by atoms with E-state index >= 15 is 0 Å². The third kappa shape index (κ3) is 2.69. The van der Waals surface area contributed by atoms with Gasteiger partial charge in [-0.1, -0.05) is 67.6 Å². The number of hydrogen-bond acceptors (Lipinski definition) is 1. The lowest BCUT2D eigenvalue weighted by Gasteiger charge is -2.33. The van der Waals surface area contributed by atoms with E-state index in [1.54, 1.807) is 0 Å². The van der Waals surface area contributed by atoms with Gasteiger partial charge < -0.3 is 0 Å². The van der Waals surface area contributed by atoms with E-state index < -0.39 is 0 Å². The summed E-state index contributed by atoms with van der Waals surface area (Å²) < 4.78 is 0. The molecule has 0 unspecified atom stereocenters. The summed E-state index contributed by atoms with van der Waals surface area (Å²) in [6, 6.07) is 23.4. The second-order valence-corrected chi connectivity index (χ2v) is 4.83. The van der Waals surface area contributed by atoms with Gasteiger partial charge in [0.25, 0.3) is 0 Å². The summed E-state index contributed by atoms with van der Waals surface area (Å²) in [4.78, 5) is 0. The maximum Gasteiger partial charge on any atom is 0.0622 e. The second kappa shape index (κ2) is 6.20. The lowest BCUT2D eigenvalue weighted by atomic mass is 9.69. The number of nitriles is 1. The van der Waals surface area contributed by atoms with Crippen LogP contribution < -0.4 is 0 Å². The van der Waals surface area contributed by atoms with Crippen LogP contribution in [0.1, 0.15) is 37.3 Å². The average molecular weight is 249 g/mol. The highest BCUT2D eigenvalue weighted by Crippen LogP contribution is 2.39. The summed E-state index contributed by atoms with van der Waals surface area (Å²) in [5.41, 5.74) is 2.57. The number of benzene rings is 2. The molecule has 0 heterocycles. The van der Waals surface area contributed by atoms with Crippen molar-refractivity contribution in [2.24, 2.45) is 0 Å². The maximum absolute atomic E-state index is 8.97. The molecule has 0 aliphatic rings. The van der Waals surface area contributed by atoms with Gasteiger partial charge in [0.1, 0.15) is 0 Å². The predicted molar refractivity (Wildman–Crippen MR) is 78.8 cm³/mol. The van der Waals surface area contributed by atoms with E-state index in [1.165, 1.54) is 11.1 Å². The highest BCUT2D eigenvalue weighted by Gasteiger charge is 2.31. The van der Waals surface area contributed by atoms with Gasteiger partial charge in [-0.3, -0.25) is 0 Å². The van der Waals surface area contributed by atoms with Crippen LogP contribution >= 0.6 is 0 Å². The molecule has 0 spiro atoms. The van der Waals surface area contributed by atoms with Crippen molar-refractivity contribution in [1.29, 1.82) is 5.26 Å². The molecule has 19 heavy (non-hydrogen) atoms. The molecule has 1 heteroatoms. The number of hydrogen-bond donors (Lipinski definition) is 0. The summed E-state index contributed by atoms with van der Waals surface area (Å²) in [6.45, 7) is 2.21. The van der Waals surface area contributed by atoms with Gasteiger partial charge in [0.15, 0.2) is 0 Å². The molecule has 0 radical (unpaired) electrons. The highest BCUT2D eigenvalue weighted by atomic mass is 14.4. The van der Waals surface area contributed by atoms with Gasteiger partial charge in [-0.2, -0.15) is 5.26 Å². The largest absolute Gasteiger partial charge is 0.198 e. The molecule has 1 nitrogen and oxygen atoms in total. The fourth-order valence-electron chi connectivity index (χ4n) is 2.82. The molecule has 2 rings (SSSR count). The first-order valence-electron chi connectivity index (χ1n) is 6.81. The molecule has 0 N–H and O–H groups in total. The molecule has 0 saturated heterocycles. The van der Waals surface area contributed by atoms with E-state index in [0.717, 1.165) is 12.8 Å². The first-order chi connectivity index (χ1) is 9.33.